The van der Waals surface area contributed by atoms with Crippen LogP contribution >= 0.6 is 0 Å². The molecule has 92 valence electrons. The van der Waals surface area contributed by atoms with E-state index in [1.54, 1.807) is 0 Å². The molecule has 0 fully saturated rings. The summed E-state index contributed by atoms with van der Waals surface area (Å²) in [5, 5.41) is 11.5. The van der Waals surface area contributed by atoms with Crippen molar-refractivity contribution in [3.8, 4) is 6.07 Å². The highest BCUT2D eigenvalue weighted by Gasteiger charge is 2.13. The summed E-state index contributed by atoms with van der Waals surface area (Å²) < 4.78 is 26.6. The fraction of sp³-hybridized carbons (Fsp3) is 0.462. The van der Waals surface area contributed by atoms with E-state index in [-0.39, 0.29) is 6.04 Å². The highest BCUT2D eigenvalue weighted by atomic mass is 19.1. The SMILES string of the molecule is CC[C@@H](NCCCC#N)c1cc(F)ccc1F. The van der Waals surface area contributed by atoms with Gasteiger partial charge in [0, 0.05) is 18.0 Å². The molecule has 0 saturated carbocycles. The van der Waals surface area contributed by atoms with Gasteiger partial charge in [-0.15, -0.1) is 0 Å². The van der Waals surface area contributed by atoms with Crippen molar-refractivity contribution in [3.05, 3.63) is 35.4 Å². The molecule has 1 rings (SSSR count). The van der Waals surface area contributed by atoms with E-state index in [1.165, 1.54) is 6.07 Å². The molecule has 17 heavy (non-hydrogen) atoms. The van der Waals surface area contributed by atoms with Crippen LogP contribution in [-0.2, 0) is 0 Å². The van der Waals surface area contributed by atoms with Crippen LogP contribution in [0.25, 0.3) is 0 Å². The third-order valence-corrected chi connectivity index (χ3v) is 2.60. The molecule has 0 aliphatic carbocycles. The van der Waals surface area contributed by atoms with Gasteiger partial charge in [0.05, 0.1) is 6.07 Å². The van der Waals surface area contributed by atoms with Gasteiger partial charge in [0.25, 0.3) is 0 Å². The lowest BCUT2D eigenvalue weighted by atomic mass is 10.0. The van der Waals surface area contributed by atoms with Gasteiger partial charge in [0.15, 0.2) is 0 Å². The van der Waals surface area contributed by atoms with Crippen molar-refractivity contribution >= 4 is 0 Å². The maximum atomic E-state index is 13.5. The van der Waals surface area contributed by atoms with E-state index >= 15 is 0 Å². The summed E-state index contributed by atoms with van der Waals surface area (Å²) in [4.78, 5) is 0. The van der Waals surface area contributed by atoms with Crippen molar-refractivity contribution in [3.63, 3.8) is 0 Å². The molecular formula is C13H16F2N2. The summed E-state index contributed by atoms with van der Waals surface area (Å²) in [7, 11) is 0. The monoisotopic (exact) mass is 238 g/mol. The standard InChI is InChI=1S/C13H16F2N2/c1-2-13(17-8-4-3-7-16)11-9-10(14)5-6-12(11)15/h5-6,9,13,17H,2-4,8H2,1H3/t13-/m1/s1. The Hall–Kier alpha value is -1.47. The topological polar surface area (TPSA) is 35.8 Å². The van der Waals surface area contributed by atoms with Gasteiger partial charge in [-0.1, -0.05) is 6.92 Å². The predicted octanol–water partition coefficient (Wildman–Crippen LogP) is 3.31. The smallest absolute Gasteiger partial charge is 0.128 e. The highest BCUT2D eigenvalue weighted by Crippen LogP contribution is 2.21. The Labute approximate surface area is 100 Å². The Morgan fingerprint density at radius 1 is 1.41 bits per heavy atom. The lowest BCUT2D eigenvalue weighted by Crippen LogP contribution is -2.23. The van der Waals surface area contributed by atoms with Crippen molar-refractivity contribution in [1.29, 1.82) is 5.26 Å². The van der Waals surface area contributed by atoms with Crippen LogP contribution in [0, 0.1) is 23.0 Å². The van der Waals surface area contributed by atoms with Gasteiger partial charge in [-0.05, 0) is 37.6 Å². The van der Waals surface area contributed by atoms with E-state index in [0.717, 1.165) is 12.1 Å². The third kappa shape index (κ3) is 4.12. The van der Waals surface area contributed by atoms with Gasteiger partial charge >= 0.3 is 0 Å². The minimum absolute atomic E-state index is 0.204. The largest absolute Gasteiger partial charge is 0.310 e. The predicted molar refractivity (Wildman–Crippen MR) is 62.2 cm³/mol. The second-order valence-electron chi connectivity index (χ2n) is 3.84. The zero-order valence-electron chi connectivity index (χ0n) is 9.84. The first-order chi connectivity index (χ1) is 8.19. The molecule has 0 heterocycles. The number of nitrogens with one attached hydrogen (secondary N) is 1. The number of nitriles is 1. The molecule has 1 aromatic carbocycles. The van der Waals surface area contributed by atoms with E-state index in [2.05, 4.69) is 5.32 Å². The van der Waals surface area contributed by atoms with E-state index < -0.39 is 11.6 Å². The van der Waals surface area contributed by atoms with Gasteiger partial charge in [-0.3, -0.25) is 0 Å². The first kappa shape index (κ1) is 13.6. The van der Waals surface area contributed by atoms with Crippen molar-refractivity contribution < 1.29 is 8.78 Å². The van der Waals surface area contributed by atoms with Gasteiger partial charge < -0.3 is 5.32 Å². The maximum absolute atomic E-state index is 13.5. The minimum Gasteiger partial charge on any atom is -0.310 e. The molecule has 0 aromatic heterocycles. The van der Waals surface area contributed by atoms with Gasteiger partial charge in [-0.2, -0.15) is 5.26 Å². The quantitative estimate of drug-likeness (QED) is 0.772. The van der Waals surface area contributed by atoms with Gasteiger partial charge in [0.1, 0.15) is 11.6 Å². The Kier molecular flexibility index (Phi) is 5.58. The molecule has 1 aromatic rings. The molecule has 1 atom stereocenters. The van der Waals surface area contributed by atoms with Crippen LogP contribution in [0.3, 0.4) is 0 Å². The summed E-state index contributed by atoms with van der Waals surface area (Å²) in [5.74, 6) is -0.829. The van der Waals surface area contributed by atoms with Crippen LogP contribution in [0.15, 0.2) is 18.2 Å². The summed E-state index contributed by atoms with van der Waals surface area (Å²) >= 11 is 0. The van der Waals surface area contributed by atoms with Crippen LogP contribution in [-0.4, -0.2) is 6.54 Å². The molecule has 0 aliphatic rings. The fourth-order valence-corrected chi connectivity index (χ4v) is 1.70. The average Bonchev–Trinajstić information content (AvgIpc) is 2.33. The van der Waals surface area contributed by atoms with Crippen LogP contribution in [0.5, 0.6) is 0 Å². The third-order valence-electron chi connectivity index (χ3n) is 2.60. The van der Waals surface area contributed by atoms with E-state index in [1.807, 2.05) is 13.0 Å². The zero-order valence-corrected chi connectivity index (χ0v) is 9.84. The minimum atomic E-state index is -0.432. The van der Waals surface area contributed by atoms with Crippen molar-refractivity contribution in [2.45, 2.75) is 32.2 Å². The molecule has 2 nitrogen and oxygen atoms in total. The maximum Gasteiger partial charge on any atom is 0.128 e. The molecule has 0 unspecified atom stereocenters. The average molecular weight is 238 g/mol. The summed E-state index contributed by atoms with van der Waals surface area (Å²) in [6.45, 7) is 2.54. The van der Waals surface area contributed by atoms with Crippen LogP contribution in [0.2, 0.25) is 0 Å². The zero-order chi connectivity index (χ0) is 12.7. The molecule has 4 heteroatoms. The Morgan fingerprint density at radius 3 is 2.82 bits per heavy atom. The van der Waals surface area contributed by atoms with Crippen molar-refractivity contribution in [2.24, 2.45) is 0 Å². The second-order valence-corrected chi connectivity index (χ2v) is 3.84. The summed E-state index contributed by atoms with van der Waals surface area (Å²) in [5.41, 5.74) is 0.351. The van der Waals surface area contributed by atoms with Gasteiger partial charge in [0.2, 0.25) is 0 Å². The lowest BCUT2D eigenvalue weighted by Gasteiger charge is -2.17. The normalized spacial score (nSPS) is 12.1. The van der Waals surface area contributed by atoms with Crippen LogP contribution in [0.1, 0.15) is 37.8 Å². The molecule has 1 N–H and O–H groups in total. The number of hydrogen-bond acceptors (Lipinski definition) is 2. The Balaban J connectivity index is 2.66. The summed E-state index contributed by atoms with van der Waals surface area (Å²) in [6.07, 6.45) is 1.85. The van der Waals surface area contributed by atoms with E-state index in [4.69, 9.17) is 5.26 Å². The second kappa shape index (κ2) is 6.97. The molecule has 0 bridgehead atoms. The van der Waals surface area contributed by atoms with Gasteiger partial charge in [-0.25, -0.2) is 8.78 Å². The number of hydrogen-bond donors (Lipinski definition) is 1. The Bertz CT molecular complexity index is 399. The number of nitrogens with zero attached hydrogens (tertiary/aromatic N) is 1. The molecule has 0 aliphatic heterocycles. The number of rotatable bonds is 6. The van der Waals surface area contributed by atoms with Crippen LogP contribution < -0.4 is 5.32 Å². The molecular weight excluding hydrogens is 222 g/mol. The van der Waals surface area contributed by atoms with E-state index in [0.29, 0.717) is 31.4 Å². The number of halogens is 2. The first-order valence-corrected chi connectivity index (χ1v) is 5.74. The van der Waals surface area contributed by atoms with Crippen molar-refractivity contribution in [1.82, 2.24) is 5.32 Å². The molecule has 0 radical (unpaired) electrons. The molecule has 0 spiro atoms. The first-order valence-electron chi connectivity index (χ1n) is 5.74. The molecule has 0 amide bonds. The van der Waals surface area contributed by atoms with E-state index in [9.17, 15) is 8.78 Å². The molecule has 0 saturated heterocycles. The summed E-state index contributed by atoms with van der Waals surface area (Å²) in [6, 6.07) is 5.32. The highest BCUT2D eigenvalue weighted by molar-refractivity contribution is 5.22. The Morgan fingerprint density at radius 2 is 2.18 bits per heavy atom. The van der Waals surface area contributed by atoms with Crippen LogP contribution in [0.4, 0.5) is 8.78 Å². The number of unbranched alkanes of at least 4 members (excludes halogenated alkanes) is 1. The number of benzene rings is 1. The lowest BCUT2D eigenvalue weighted by molar-refractivity contribution is 0.479. The fourth-order valence-electron chi connectivity index (χ4n) is 1.70. The van der Waals surface area contributed by atoms with Crippen molar-refractivity contribution in [2.75, 3.05) is 6.54 Å².